The van der Waals surface area contributed by atoms with Crippen LogP contribution in [0.1, 0.15) is 32.1 Å². The average molecular weight is 342 g/mol. The molecule has 5 aliphatic carbocycles. The van der Waals surface area contributed by atoms with E-state index in [1.54, 1.807) is 0 Å². The van der Waals surface area contributed by atoms with Crippen LogP contribution in [0.2, 0.25) is 0 Å². The largest absolute Gasteiger partial charge is 0.469 e. The Kier molecular flexibility index (Phi) is 3.33. The van der Waals surface area contributed by atoms with Gasteiger partial charge in [-0.25, -0.2) is 0 Å². The quantitative estimate of drug-likeness (QED) is 0.449. The summed E-state index contributed by atoms with van der Waals surface area (Å²) >= 11 is 0. The van der Waals surface area contributed by atoms with Gasteiger partial charge in [0.1, 0.15) is 12.1 Å². The Balaban J connectivity index is 1.39. The number of ketones is 1. The molecule has 0 radical (unpaired) electrons. The van der Waals surface area contributed by atoms with Gasteiger partial charge in [0.15, 0.2) is 0 Å². The number of carbonyl (C=O) groups is 3. The van der Waals surface area contributed by atoms with Crippen molar-refractivity contribution >= 4 is 18.0 Å². The van der Waals surface area contributed by atoms with Crippen LogP contribution in [0.4, 0.5) is 0 Å². The monoisotopic (exact) mass is 342 g/mol. The Bertz CT molecular complexity index is 667. The van der Waals surface area contributed by atoms with Crippen LogP contribution in [0.5, 0.6) is 0 Å². The molecule has 0 aliphatic heterocycles. The first kappa shape index (κ1) is 15.8. The highest BCUT2D eigenvalue weighted by molar-refractivity contribution is 5.88. The molecule has 25 heavy (non-hydrogen) atoms. The molecule has 0 amide bonds. The zero-order valence-corrected chi connectivity index (χ0v) is 14.7. The van der Waals surface area contributed by atoms with Crippen molar-refractivity contribution < 1.29 is 19.1 Å². The van der Waals surface area contributed by atoms with Gasteiger partial charge in [-0.05, 0) is 67.1 Å². The number of fused-ring (bicyclic) bond motifs is 7. The molecule has 4 bridgehead atoms. The van der Waals surface area contributed by atoms with Gasteiger partial charge in [-0.3, -0.25) is 9.59 Å². The molecular formula is C21H26O4. The Morgan fingerprint density at radius 3 is 2.40 bits per heavy atom. The van der Waals surface area contributed by atoms with Crippen LogP contribution in [0.15, 0.2) is 12.2 Å². The fourth-order valence-corrected chi connectivity index (χ4v) is 8.01. The molecule has 0 N–H and O–H groups in total. The fraction of sp³-hybridized carbons (Fsp3) is 0.762. The lowest BCUT2D eigenvalue weighted by Crippen LogP contribution is -2.40. The Morgan fingerprint density at radius 2 is 1.68 bits per heavy atom. The Labute approximate surface area is 148 Å². The summed E-state index contributed by atoms with van der Waals surface area (Å²) in [6.45, 7) is 4.17. The molecule has 10 atom stereocenters. The summed E-state index contributed by atoms with van der Waals surface area (Å²) in [6, 6.07) is 0. The van der Waals surface area contributed by atoms with Crippen LogP contribution >= 0.6 is 0 Å². The average Bonchev–Trinajstić information content (AvgIpc) is 3.38. The van der Waals surface area contributed by atoms with Crippen molar-refractivity contribution in [3.63, 3.8) is 0 Å². The minimum Gasteiger partial charge on any atom is -0.469 e. The van der Waals surface area contributed by atoms with Gasteiger partial charge in [-0.15, -0.1) is 0 Å². The van der Waals surface area contributed by atoms with Gasteiger partial charge in [0, 0.05) is 18.3 Å². The molecule has 0 spiro atoms. The molecule has 0 aromatic rings. The molecular weight excluding hydrogens is 316 g/mol. The predicted molar refractivity (Wildman–Crippen MR) is 90.2 cm³/mol. The third-order valence-electron chi connectivity index (χ3n) is 8.60. The second-order valence-electron chi connectivity index (χ2n) is 9.23. The predicted octanol–water partition coefficient (Wildman–Crippen LogP) is 2.66. The summed E-state index contributed by atoms with van der Waals surface area (Å²) < 4.78 is 4.96. The lowest BCUT2D eigenvalue weighted by Gasteiger charge is -2.40. The number of aldehydes is 1. The van der Waals surface area contributed by atoms with Crippen LogP contribution in [-0.4, -0.2) is 25.1 Å². The number of methoxy groups -OCH3 is 1. The summed E-state index contributed by atoms with van der Waals surface area (Å²) in [5, 5.41) is 0. The highest BCUT2D eigenvalue weighted by Crippen LogP contribution is 2.67. The van der Waals surface area contributed by atoms with Crippen LogP contribution in [-0.2, 0) is 19.1 Å². The Morgan fingerprint density at radius 1 is 1.04 bits per heavy atom. The van der Waals surface area contributed by atoms with E-state index >= 15 is 0 Å². The second-order valence-corrected chi connectivity index (χ2v) is 9.23. The van der Waals surface area contributed by atoms with E-state index in [0.717, 1.165) is 19.1 Å². The Hall–Kier alpha value is -1.45. The van der Waals surface area contributed by atoms with Crippen molar-refractivity contribution in [2.45, 2.75) is 32.1 Å². The van der Waals surface area contributed by atoms with Crippen LogP contribution in [0.3, 0.4) is 0 Å². The highest BCUT2D eigenvalue weighted by atomic mass is 16.5. The SMILES string of the molecule is C=C1CC(=O)C2C3CC(CC3C3CC4CC3C(C=O)C4C(=O)OC)C12. The van der Waals surface area contributed by atoms with Gasteiger partial charge in [0.25, 0.3) is 0 Å². The van der Waals surface area contributed by atoms with Crippen LogP contribution in [0.25, 0.3) is 0 Å². The van der Waals surface area contributed by atoms with Crippen molar-refractivity contribution in [2.24, 2.45) is 59.2 Å². The molecule has 0 aromatic heterocycles. The smallest absolute Gasteiger partial charge is 0.309 e. The van der Waals surface area contributed by atoms with Crippen molar-refractivity contribution in [1.82, 2.24) is 0 Å². The number of ether oxygens (including phenoxy) is 1. The van der Waals surface area contributed by atoms with Crippen molar-refractivity contribution in [2.75, 3.05) is 7.11 Å². The molecule has 0 aromatic carbocycles. The van der Waals surface area contributed by atoms with Gasteiger partial charge < -0.3 is 9.53 Å². The van der Waals surface area contributed by atoms with Crippen LogP contribution < -0.4 is 0 Å². The number of carbonyl (C=O) groups excluding carboxylic acids is 3. The molecule has 0 saturated heterocycles. The first-order valence-corrected chi connectivity index (χ1v) is 9.78. The van der Waals surface area contributed by atoms with E-state index in [2.05, 4.69) is 6.58 Å². The van der Waals surface area contributed by atoms with E-state index < -0.39 is 0 Å². The normalized spacial score (nSPS) is 52.7. The fourth-order valence-electron chi connectivity index (χ4n) is 8.01. The first-order chi connectivity index (χ1) is 12.0. The van der Waals surface area contributed by atoms with Gasteiger partial charge in [-0.2, -0.15) is 0 Å². The van der Waals surface area contributed by atoms with Crippen LogP contribution in [0, 0.1) is 59.2 Å². The van der Waals surface area contributed by atoms with E-state index in [1.165, 1.54) is 25.5 Å². The maximum Gasteiger partial charge on any atom is 0.309 e. The summed E-state index contributed by atoms with van der Waals surface area (Å²) in [5.41, 5.74) is 1.17. The maximum atomic E-state index is 12.5. The van der Waals surface area contributed by atoms with Crippen molar-refractivity contribution in [3.8, 4) is 0 Å². The molecule has 5 aliphatic rings. The molecule has 0 heterocycles. The third-order valence-corrected chi connectivity index (χ3v) is 8.60. The number of Topliss-reactive ketones (excluding diaryl/α,β-unsaturated/α-hetero) is 1. The lowest BCUT2D eigenvalue weighted by atomic mass is 9.63. The van der Waals surface area contributed by atoms with Gasteiger partial charge >= 0.3 is 5.97 Å². The molecule has 5 saturated carbocycles. The highest BCUT2D eigenvalue weighted by Gasteiger charge is 2.64. The number of rotatable bonds is 3. The van der Waals surface area contributed by atoms with Gasteiger partial charge in [-0.1, -0.05) is 12.2 Å². The number of hydrogen-bond acceptors (Lipinski definition) is 4. The van der Waals surface area contributed by atoms with Gasteiger partial charge in [0.05, 0.1) is 13.0 Å². The summed E-state index contributed by atoms with van der Waals surface area (Å²) in [5.74, 6) is 3.25. The van der Waals surface area contributed by atoms with E-state index in [1.807, 2.05) is 0 Å². The summed E-state index contributed by atoms with van der Waals surface area (Å²) in [4.78, 5) is 36.4. The number of allylic oxidation sites excluding steroid dienone is 1. The van der Waals surface area contributed by atoms with E-state index in [-0.39, 0.29) is 23.7 Å². The zero-order valence-electron chi connectivity index (χ0n) is 14.7. The minimum atomic E-state index is -0.233. The third kappa shape index (κ3) is 1.91. The number of esters is 1. The molecule has 134 valence electrons. The first-order valence-electron chi connectivity index (χ1n) is 9.78. The topological polar surface area (TPSA) is 60.4 Å². The molecule has 5 fully saturated rings. The minimum absolute atomic E-state index is 0.180. The molecule has 4 nitrogen and oxygen atoms in total. The van der Waals surface area contributed by atoms with E-state index in [0.29, 0.717) is 53.6 Å². The standard InChI is InChI=1S/C21H26O4/c1-9-3-17(23)20-15-7-10(18(9)20)4-13(15)12-5-11-6-14(12)16(8-22)19(11)21(24)25-2/h8,10-16,18-20H,1,3-7H2,2H3. The lowest BCUT2D eigenvalue weighted by molar-refractivity contribution is -0.151. The summed E-state index contributed by atoms with van der Waals surface area (Å²) in [7, 11) is 1.42. The second kappa shape index (κ2) is 5.28. The van der Waals surface area contributed by atoms with Crippen molar-refractivity contribution in [1.29, 1.82) is 0 Å². The van der Waals surface area contributed by atoms with E-state index in [9.17, 15) is 14.4 Å². The van der Waals surface area contributed by atoms with Crippen molar-refractivity contribution in [3.05, 3.63) is 12.2 Å². The molecule has 5 rings (SSSR count). The molecule has 4 heteroatoms. The zero-order chi connectivity index (χ0) is 17.5. The van der Waals surface area contributed by atoms with E-state index in [4.69, 9.17) is 4.74 Å². The summed E-state index contributed by atoms with van der Waals surface area (Å²) in [6.07, 6.45) is 5.99. The molecule has 10 unspecified atom stereocenters. The maximum absolute atomic E-state index is 12.5. The number of hydrogen-bond donors (Lipinski definition) is 0. The van der Waals surface area contributed by atoms with Gasteiger partial charge in [0.2, 0.25) is 0 Å².